The quantitative estimate of drug-likeness (QED) is 0.571. The number of fused-ring (bicyclic) bond motifs is 2. The molecule has 3 aromatic rings. The Morgan fingerprint density at radius 3 is 2.50 bits per heavy atom. The molecule has 0 aliphatic carbocycles. The number of methoxy groups -OCH3 is 2. The minimum absolute atomic E-state index is 0.156. The number of likely N-dealkylation sites (N-methyl/N-ethyl adjacent to an activating group) is 1. The lowest BCUT2D eigenvalue weighted by Crippen LogP contribution is -2.36. The van der Waals surface area contributed by atoms with Gasteiger partial charge in [-0.25, -0.2) is 4.98 Å². The fourth-order valence-corrected chi connectivity index (χ4v) is 4.13. The SMILES string of the molecule is COc1ccc(C(=O)N(CCN(C)C)c2nc3cc4c(cc3s2)OCO4)cc1OC. The monoisotopic (exact) mass is 429 g/mol. The van der Waals surface area contributed by atoms with Gasteiger partial charge in [-0.05, 0) is 32.3 Å². The second-order valence-electron chi connectivity index (χ2n) is 7.00. The van der Waals surface area contributed by atoms with Gasteiger partial charge in [0.2, 0.25) is 6.79 Å². The number of carbonyl (C=O) groups is 1. The Morgan fingerprint density at radius 1 is 1.07 bits per heavy atom. The van der Waals surface area contributed by atoms with Crippen molar-refractivity contribution in [2.24, 2.45) is 0 Å². The van der Waals surface area contributed by atoms with Crippen molar-refractivity contribution in [2.75, 3.05) is 53.1 Å². The van der Waals surface area contributed by atoms with E-state index in [1.165, 1.54) is 11.3 Å². The predicted octanol–water partition coefficient (Wildman–Crippen LogP) is 3.25. The van der Waals surface area contributed by atoms with Crippen LogP contribution in [0.15, 0.2) is 30.3 Å². The summed E-state index contributed by atoms with van der Waals surface area (Å²) in [5.41, 5.74) is 1.27. The third-order valence-corrected chi connectivity index (χ3v) is 5.79. The molecule has 0 saturated heterocycles. The van der Waals surface area contributed by atoms with E-state index in [2.05, 4.69) is 0 Å². The van der Waals surface area contributed by atoms with Crippen molar-refractivity contribution in [1.29, 1.82) is 0 Å². The number of ether oxygens (including phenoxy) is 4. The molecule has 1 aliphatic heterocycles. The van der Waals surface area contributed by atoms with Crippen LogP contribution in [0.3, 0.4) is 0 Å². The summed E-state index contributed by atoms with van der Waals surface area (Å²) in [6.45, 7) is 1.40. The molecule has 0 N–H and O–H groups in total. The van der Waals surface area contributed by atoms with Gasteiger partial charge in [-0.15, -0.1) is 0 Å². The summed E-state index contributed by atoms with van der Waals surface area (Å²) in [6.07, 6.45) is 0. The van der Waals surface area contributed by atoms with E-state index in [0.717, 1.165) is 10.2 Å². The van der Waals surface area contributed by atoms with Crippen molar-refractivity contribution in [3.8, 4) is 23.0 Å². The second-order valence-corrected chi connectivity index (χ2v) is 8.01. The van der Waals surface area contributed by atoms with Crippen LogP contribution in [0.5, 0.6) is 23.0 Å². The van der Waals surface area contributed by atoms with Gasteiger partial charge < -0.3 is 23.8 Å². The summed E-state index contributed by atoms with van der Waals surface area (Å²) in [4.78, 5) is 21.9. The maximum Gasteiger partial charge on any atom is 0.260 e. The summed E-state index contributed by atoms with van der Waals surface area (Å²) in [7, 11) is 7.05. The molecule has 0 unspecified atom stereocenters. The fourth-order valence-electron chi connectivity index (χ4n) is 3.13. The smallest absolute Gasteiger partial charge is 0.260 e. The van der Waals surface area contributed by atoms with Gasteiger partial charge in [0.1, 0.15) is 0 Å². The van der Waals surface area contributed by atoms with E-state index in [0.29, 0.717) is 46.8 Å². The van der Waals surface area contributed by atoms with E-state index >= 15 is 0 Å². The molecule has 4 rings (SSSR count). The maximum absolute atomic E-state index is 13.4. The normalized spacial score (nSPS) is 12.4. The van der Waals surface area contributed by atoms with Crippen LogP contribution in [-0.4, -0.2) is 64.0 Å². The molecule has 0 spiro atoms. The van der Waals surface area contributed by atoms with Gasteiger partial charge >= 0.3 is 0 Å². The molecule has 30 heavy (non-hydrogen) atoms. The van der Waals surface area contributed by atoms with E-state index < -0.39 is 0 Å². The maximum atomic E-state index is 13.4. The van der Waals surface area contributed by atoms with Crippen LogP contribution in [0, 0.1) is 0 Å². The Kier molecular flexibility index (Phi) is 5.65. The first-order valence-corrected chi connectivity index (χ1v) is 10.2. The van der Waals surface area contributed by atoms with Crippen molar-refractivity contribution in [3.63, 3.8) is 0 Å². The average Bonchev–Trinajstić information content (AvgIpc) is 3.36. The van der Waals surface area contributed by atoms with Crippen LogP contribution < -0.4 is 23.8 Å². The molecule has 0 saturated carbocycles. The third kappa shape index (κ3) is 3.86. The Balaban J connectivity index is 1.71. The van der Waals surface area contributed by atoms with Crippen molar-refractivity contribution in [1.82, 2.24) is 9.88 Å². The van der Waals surface area contributed by atoms with Crippen LogP contribution in [-0.2, 0) is 0 Å². The molecule has 158 valence electrons. The molecule has 2 aromatic carbocycles. The highest BCUT2D eigenvalue weighted by molar-refractivity contribution is 7.22. The van der Waals surface area contributed by atoms with Crippen molar-refractivity contribution in [3.05, 3.63) is 35.9 Å². The zero-order valence-corrected chi connectivity index (χ0v) is 18.1. The zero-order chi connectivity index (χ0) is 21.3. The summed E-state index contributed by atoms with van der Waals surface area (Å²) in [6, 6.07) is 8.91. The van der Waals surface area contributed by atoms with E-state index in [4.69, 9.17) is 23.9 Å². The number of nitrogens with zero attached hydrogens (tertiary/aromatic N) is 3. The number of benzene rings is 2. The van der Waals surface area contributed by atoms with Gasteiger partial charge in [0.15, 0.2) is 28.1 Å². The molecule has 0 fully saturated rings. The highest BCUT2D eigenvalue weighted by atomic mass is 32.1. The highest BCUT2D eigenvalue weighted by Crippen LogP contribution is 2.40. The Hall–Kier alpha value is -3.04. The number of aromatic nitrogens is 1. The molecule has 9 heteroatoms. The van der Waals surface area contributed by atoms with Crippen LogP contribution in [0.25, 0.3) is 10.2 Å². The van der Waals surface area contributed by atoms with Gasteiger partial charge in [0.25, 0.3) is 5.91 Å². The lowest BCUT2D eigenvalue weighted by Gasteiger charge is -2.22. The Labute approximate surface area is 178 Å². The summed E-state index contributed by atoms with van der Waals surface area (Å²) >= 11 is 1.45. The summed E-state index contributed by atoms with van der Waals surface area (Å²) in [5, 5.41) is 0.621. The topological polar surface area (TPSA) is 73.4 Å². The number of hydrogen-bond acceptors (Lipinski definition) is 8. The number of hydrogen-bond donors (Lipinski definition) is 0. The number of rotatable bonds is 7. The lowest BCUT2D eigenvalue weighted by atomic mass is 10.1. The lowest BCUT2D eigenvalue weighted by molar-refractivity contribution is 0.0985. The van der Waals surface area contributed by atoms with Crippen LogP contribution in [0.2, 0.25) is 0 Å². The second kappa shape index (κ2) is 8.37. The van der Waals surface area contributed by atoms with Crippen molar-refractivity contribution >= 4 is 32.6 Å². The van der Waals surface area contributed by atoms with E-state index in [-0.39, 0.29) is 12.7 Å². The van der Waals surface area contributed by atoms with Crippen LogP contribution >= 0.6 is 11.3 Å². The molecule has 1 amide bonds. The number of thiazole rings is 1. The van der Waals surface area contributed by atoms with Gasteiger partial charge in [0.05, 0.1) is 24.4 Å². The van der Waals surface area contributed by atoms with Gasteiger partial charge in [-0.3, -0.25) is 9.69 Å². The minimum Gasteiger partial charge on any atom is -0.493 e. The highest BCUT2D eigenvalue weighted by Gasteiger charge is 2.24. The first-order valence-electron chi connectivity index (χ1n) is 9.39. The van der Waals surface area contributed by atoms with Crippen LogP contribution in [0.1, 0.15) is 10.4 Å². The number of carbonyl (C=O) groups excluding carboxylic acids is 1. The molecular formula is C21H23N3O5S. The Morgan fingerprint density at radius 2 is 1.80 bits per heavy atom. The first-order chi connectivity index (χ1) is 14.5. The largest absolute Gasteiger partial charge is 0.493 e. The molecule has 2 heterocycles. The molecule has 0 atom stereocenters. The van der Waals surface area contributed by atoms with E-state index in [9.17, 15) is 4.79 Å². The Bertz CT molecular complexity index is 1040. The van der Waals surface area contributed by atoms with E-state index in [1.807, 2.05) is 31.1 Å². The summed E-state index contributed by atoms with van der Waals surface area (Å²) in [5.74, 6) is 2.29. The average molecular weight is 429 g/mol. The standard InChI is InChI=1S/C21H23N3O5S/c1-23(2)7-8-24(20(25)13-5-6-15(26-3)16(9-13)27-4)21-22-14-10-17-18(29-12-28-17)11-19(14)30-21/h5-6,9-11H,7-8,12H2,1-4H3. The van der Waals surface area contributed by atoms with Crippen molar-refractivity contribution in [2.45, 2.75) is 0 Å². The van der Waals surface area contributed by atoms with Gasteiger partial charge in [-0.1, -0.05) is 11.3 Å². The summed E-state index contributed by atoms with van der Waals surface area (Å²) < 4.78 is 22.5. The number of anilines is 1. The minimum atomic E-state index is -0.156. The number of amides is 1. The van der Waals surface area contributed by atoms with Crippen molar-refractivity contribution < 1.29 is 23.7 Å². The molecule has 1 aliphatic rings. The third-order valence-electron chi connectivity index (χ3n) is 4.75. The molecule has 0 radical (unpaired) electrons. The predicted molar refractivity (Wildman–Crippen MR) is 116 cm³/mol. The van der Waals surface area contributed by atoms with Crippen LogP contribution in [0.4, 0.5) is 5.13 Å². The van der Waals surface area contributed by atoms with E-state index in [1.54, 1.807) is 37.3 Å². The van der Waals surface area contributed by atoms with Gasteiger partial charge in [-0.2, -0.15) is 0 Å². The first kappa shape index (κ1) is 20.2. The molecular weight excluding hydrogens is 406 g/mol. The molecule has 0 bridgehead atoms. The zero-order valence-electron chi connectivity index (χ0n) is 17.3. The van der Waals surface area contributed by atoms with Gasteiger partial charge in [0, 0.05) is 30.8 Å². The molecule has 8 nitrogen and oxygen atoms in total. The molecule has 1 aromatic heterocycles. The fraction of sp³-hybridized carbons (Fsp3) is 0.333.